The highest BCUT2D eigenvalue weighted by Gasteiger charge is 2.20. The van der Waals surface area contributed by atoms with Gasteiger partial charge in [-0.2, -0.15) is 0 Å². The van der Waals surface area contributed by atoms with Gasteiger partial charge in [-0.3, -0.25) is 4.79 Å². The molecule has 2 heteroatoms. The predicted molar refractivity (Wildman–Crippen MR) is 56.9 cm³/mol. The standard InChI is InChI=1S/C12H19NO/c1-10-3-2-7-13(8-6-10)11-4-5-12(14)9-11/h9-10H,2-8H2,1H3. The SMILES string of the molecule is CC1CCCN(C2=CC(=O)CC2)CC1. The zero-order valence-corrected chi connectivity index (χ0v) is 8.96. The number of carbonyl (C=O) groups is 1. The Morgan fingerprint density at radius 3 is 2.86 bits per heavy atom. The third-order valence-electron chi connectivity index (χ3n) is 3.38. The van der Waals surface area contributed by atoms with Gasteiger partial charge in [-0.05, 0) is 31.6 Å². The van der Waals surface area contributed by atoms with Gasteiger partial charge in [0.05, 0.1) is 0 Å². The lowest BCUT2D eigenvalue weighted by Crippen LogP contribution is -2.23. The zero-order chi connectivity index (χ0) is 9.97. The highest BCUT2D eigenvalue weighted by atomic mass is 16.1. The molecule has 2 aliphatic rings. The minimum Gasteiger partial charge on any atom is -0.375 e. The van der Waals surface area contributed by atoms with Crippen molar-refractivity contribution in [3.05, 3.63) is 11.8 Å². The molecular weight excluding hydrogens is 174 g/mol. The topological polar surface area (TPSA) is 20.3 Å². The van der Waals surface area contributed by atoms with Gasteiger partial charge >= 0.3 is 0 Å². The highest BCUT2D eigenvalue weighted by Crippen LogP contribution is 2.24. The van der Waals surface area contributed by atoms with Crippen LogP contribution in [0.2, 0.25) is 0 Å². The maximum Gasteiger partial charge on any atom is 0.157 e. The molecule has 0 radical (unpaired) electrons. The Morgan fingerprint density at radius 2 is 2.14 bits per heavy atom. The van der Waals surface area contributed by atoms with Crippen LogP contribution in [0, 0.1) is 5.92 Å². The van der Waals surface area contributed by atoms with Crippen LogP contribution in [0.15, 0.2) is 11.8 Å². The van der Waals surface area contributed by atoms with Crippen LogP contribution in [0.4, 0.5) is 0 Å². The van der Waals surface area contributed by atoms with Gasteiger partial charge in [0.2, 0.25) is 0 Å². The van der Waals surface area contributed by atoms with Crippen molar-refractivity contribution in [1.29, 1.82) is 0 Å². The molecular formula is C12H19NO. The molecule has 1 aliphatic heterocycles. The van der Waals surface area contributed by atoms with Crippen LogP contribution in [0.3, 0.4) is 0 Å². The lowest BCUT2D eigenvalue weighted by Gasteiger charge is -2.23. The second kappa shape index (κ2) is 4.16. The van der Waals surface area contributed by atoms with E-state index < -0.39 is 0 Å². The van der Waals surface area contributed by atoms with Gasteiger partial charge in [0.1, 0.15) is 0 Å². The Morgan fingerprint density at radius 1 is 1.29 bits per heavy atom. The molecule has 0 spiro atoms. The van der Waals surface area contributed by atoms with Crippen molar-refractivity contribution in [2.45, 2.75) is 39.0 Å². The Hall–Kier alpha value is -0.790. The molecule has 1 saturated heterocycles. The number of ketones is 1. The molecule has 0 N–H and O–H groups in total. The summed E-state index contributed by atoms with van der Waals surface area (Å²) in [5.74, 6) is 1.18. The second-order valence-electron chi connectivity index (χ2n) is 4.63. The summed E-state index contributed by atoms with van der Waals surface area (Å²) >= 11 is 0. The van der Waals surface area contributed by atoms with Crippen molar-refractivity contribution < 1.29 is 4.79 Å². The number of rotatable bonds is 1. The van der Waals surface area contributed by atoms with Crippen LogP contribution >= 0.6 is 0 Å². The summed E-state index contributed by atoms with van der Waals surface area (Å²) in [6.07, 6.45) is 7.49. The van der Waals surface area contributed by atoms with Gasteiger partial charge < -0.3 is 4.90 Å². The molecule has 0 amide bonds. The molecule has 2 rings (SSSR count). The Bertz CT molecular complexity index is 257. The fraction of sp³-hybridized carbons (Fsp3) is 0.750. The van der Waals surface area contributed by atoms with Crippen molar-refractivity contribution in [2.24, 2.45) is 5.92 Å². The first-order chi connectivity index (χ1) is 6.75. The molecule has 1 heterocycles. The summed E-state index contributed by atoms with van der Waals surface area (Å²) in [6.45, 7) is 4.64. The van der Waals surface area contributed by atoms with Gasteiger partial charge in [0.15, 0.2) is 5.78 Å². The summed E-state index contributed by atoms with van der Waals surface area (Å²) in [5.41, 5.74) is 1.30. The van der Waals surface area contributed by atoms with E-state index in [2.05, 4.69) is 11.8 Å². The predicted octanol–water partition coefficient (Wildman–Crippen LogP) is 2.36. The van der Waals surface area contributed by atoms with Crippen LogP contribution in [-0.2, 0) is 4.79 Å². The third-order valence-corrected chi connectivity index (χ3v) is 3.38. The van der Waals surface area contributed by atoms with Crippen LogP contribution in [0.25, 0.3) is 0 Å². The summed E-state index contributed by atoms with van der Waals surface area (Å²) in [7, 11) is 0. The number of nitrogens with zero attached hydrogens (tertiary/aromatic N) is 1. The average Bonchev–Trinajstić information content (AvgIpc) is 2.46. The summed E-state index contributed by atoms with van der Waals surface area (Å²) in [6, 6.07) is 0. The molecule has 0 aromatic carbocycles. The maximum absolute atomic E-state index is 11.1. The van der Waals surface area contributed by atoms with Gasteiger partial charge in [-0.25, -0.2) is 0 Å². The van der Waals surface area contributed by atoms with Gasteiger partial charge in [-0.15, -0.1) is 0 Å². The number of hydrogen-bond acceptors (Lipinski definition) is 2. The summed E-state index contributed by atoms with van der Waals surface area (Å²) in [4.78, 5) is 13.6. The molecule has 1 aliphatic carbocycles. The van der Waals surface area contributed by atoms with Crippen molar-refractivity contribution in [3.8, 4) is 0 Å². The molecule has 0 aromatic heterocycles. The largest absolute Gasteiger partial charge is 0.375 e. The summed E-state index contributed by atoms with van der Waals surface area (Å²) < 4.78 is 0. The number of likely N-dealkylation sites (tertiary alicyclic amines) is 1. The summed E-state index contributed by atoms with van der Waals surface area (Å²) in [5, 5.41) is 0. The maximum atomic E-state index is 11.1. The second-order valence-corrected chi connectivity index (χ2v) is 4.63. The van der Waals surface area contributed by atoms with E-state index in [4.69, 9.17) is 0 Å². The fourth-order valence-corrected chi connectivity index (χ4v) is 2.38. The van der Waals surface area contributed by atoms with Crippen molar-refractivity contribution in [1.82, 2.24) is 4.90 Å². The molecule has 14 heavy (non-hydrogen) atoms. The molecule has 0 aromatic rings. The molecule has 0 bridgehead atoms. The van der Waals surface area contributed by atoms with Crippen LogP contribution in [0.5, 0.6) is 0 Å². The Kier molecular flexibility index (Phi) is 2.90. The van der Waals surface area contributed by atoms with E-state index in [9.17, 15) is 4.79 Å². The molecule has 1 fully saturated rings. The Balaban J connectivity index is 1.97. The molecule has 1 atom stereocenters. The van der Waals surface area contributed by atoms with Crippen molar-refractivity contribution in [2.75, 3.05) is 13.1 Å². The first-order valence-electron chi connectivity index (χ1n) is 5.74. The minimum atomic E-state index is 0.317. The van der Waals surface area contributed by atoms with E-state index in [1.165, 1.54) is 25.0 Å². The normalized spacial score (nSPS) is 28.9. The first kappa shape index (κ1) is 9.75. The van der Waals surface area contributed by atoms with E-state index in [0.717, 1.165) is 31.8 Å². The molecule has 1 unspecified atom stereocenters. The number of allylic oxidation sites excluding steroid dienone is 2. The third kappa shape index (κ3) is 2.17. The lowest BCUT2D eigenvalue weighted by molar-refractivity contribution is -0.114. The van der Waals surface area contributed by atoms with Crippen molar-refractivity contribution >= 4 is 5.78 Å². The number of carbonyl (C=O) groups excluding carboxylic acids is 1. The smallest absolute Gasteiger partial charge is 0.157 e. The van der Waals surface area contributed by atoms with Crippen LogP contribution < -0.4 is 0 Å². The van der Waals surface area contributed by atoms with E-state index in [-0.39, 0.29) is 0 Å². The van der Waals surface area contributed by atoms with Gasteiger partial charge in [-0.1, -0.05) is 6.92 Å². The van der Waals surface area contributed by atoms with Crippen LogP contribution in [0.1, 0.15) is 39.0 Å². The zero-order valence-electron chi connectivity index (χ0n) is 8.96. The van der Waals surface area contributed by atoms with Gasteiger partial charge in [0, 0.05) is 31.3 Å². The Labute approximate surface area is 86.0 Å². The van der Waals surface area contributed by atoms with E-state index >= 15 is 0 Å². The fourth-order valence-electron chi connectivity index (χ4n) is 2.38. The quantitative estimate of drug-likeness (QED) is 0.637. The van der Waals surface area contributed by atoms with E-state index in [0.29, 0.717) is 5.78 Å². The van der Waals surface area contributed by atoms with E-state index in [1.807, 2.05) is 6.08 Å². The first-order valence-corrected chi connectivity index (χ1v) is 5.74. The molecule has 2 nitrogen and oxygen atoms in total. The monoisotopic (exact) mass is 193 g/mol. The highest BCUT2D eigenvalue weighted by molar-refractivity contribution is 5.92. The lowest BCUT2D eigenvalue weighted by atomic mass is 10.0. The average molecular weight is 193 g/mol. The van der Waals surface area contributed by atoms with Crippen molar-refractivity contribution in [3.63, 3.8) is 0 Å². The van der Waals surface area contributed by atoms with Gasteiger partial charge in [0.25, 0.3) is 0 Å². The number of hydrogen-bond donors (Lipinski definition) is 0. The minimum absolute atomic E-state index is 0.317. The van der Waals surface area contributed by atoms with Crippen LogP contribution in [-0.4, -0.2) is 23.8 Å². The molecule has 78 valence electrons. The van der Waals surface area contributed by atoms with E-state index in [1.54, 1.807) is 0 Å². The molecule has 0 saturated carbocycles.